The standard InChI is InChI=1S/C36H73O3P.C12H27N/c1-3-5-7-9-11-13-15-17-19-21-23-25-27-29-31-33-35-40(37,38,39)36-34-32-30-28-26-24-22-20-18-16-14-12-10-8-6-4-2;1-2-3-4-5-6-7-8-9-10-11-12-13/h33-39H,3-32H2,1-2H3;2-13H2,1H3. The molecule has 0 rings (SSSR count). The van der Waals surface area contributed by atoms with E-state index in [1.807, 2.05) is 0 Å². The van der Waals surface area contributed by atoms with Gasteiger partial charge in [0.05, 0.1) is 0 Å². The topological polar surface area (TPSA) is 86.7 Å². The molecule has 0 amide bonds. The van der Waals surface area contributed by atoms with Gasteiger partial charge in [-0.2, -0.15) is 0 Å². The van der Waals surface area contributed by atoms with Crippen LogP contribution in [0.4, 0.5) is 0 Å². The maximum atomic E-state index is 10.3. The van der Waals surface area contributed by atoms with Gasteiger partial charge in [-0.25, -0.2) is 0 Å². The van der Waals surface area contributed by atoms with Crippen molar-refractivity contribution in [1.82, 2.24) is 0 Å². The van der Waals surface area contributed by atoms with E-state index >= 15 is 0 Å². The van der Waals surface area contributed by atoms with Gasteiger partial charge in [-0.3, -0.25) is 0 Å². The molecule has 0 aliphatic rings. The molecule has 0 aromatic rings. The van der Waals surface area contributed by atoms with Crippen LogP contribution in [0.3, 0.4) is 0 Å². The molecule has 0 aliphatic carbocycles. The van der Waals surface area contributed by atoms with E-state index in [4.69, 9.17) is 5.73 Å². The van der Waals surface area contributed by atoms with E-state index in [2.05, 4.69) is 20.8 Å². The van der Waals surface area contributed by atoms with Crippen LogP contribution in [-0.4, -0.2) is 21.2 Å². The summed E-state index contributed by atoms with van der Waals surface area (Å²) in [5, 5.41) is 0. The number of rotatable bonds is 42. The molecule has 0 bridgehead atoms. The zero-order valence-corrected chi connectivity index (χ0v) is 37.6. The van der Waals surface area contributed by atoms with Gasteiger partial charge in [0.25, 0.3) is 0 Å². The smallest absolute Gasteiger partial charge is 0.330 e. The number of unbranched alkanes of at least 4 members (excludes halogenated alkanes) is 37. The van der Waals surface area contributed by atoms with Crippen molar-refractivity contribution in [1.29, 1.82) is 0 Å². The Morgan fingerprint density at radius 2 is 0.491 bits per heavy atom. The fourth-order valence-electron chi connectivity index (χ4n) is 7.15. The Balaban J connectivity index is 0. The van der Waals surface area contributed by atoms with Crippen molar-refractivity contribution in [3.8, 4) is 0 Å². The summed E-state index contributed by atoms with van der Waals surface area (Å²) in [6.45, 7) is 7.69. The molecule has 5 heteroatoms. The molecule has 4 nitrogen and oxygen atoms in total. The van der Waals surface area contributed by atoms with E-state index in [9.17, 15) is 14.7 Å². The molecule has 5 N–H and O–H groups in total. The number of hydrogen-bond acceptors (Lipinski definition) is 4. The maximum absolute atomic E-state index is 10.3. The molecule has 0 aromatic carbocycles. The predicted molar refractivity (Wildman–Crippen MR) is 243 cm³/mol. The molecular weight excluding hydrogens is 670 g/mol. The van der Waals surface area contributed by atoms with E-state index in [1.54, 1.807) is 12.2 Å². The monoisotopic (exact) mass is 770 g/mol. The Kier molecular flexibility index (Phi) is 46.0. The Bertz CT molecular complexity index is 676. The molecule has 0 unspecified atom stereocenters. The molecule has 0 spiro atoms. The van der Waals surface area contributed by atoms with Crippen molar-refractivity contribution in [2.24, 2.45) is 5.73 Å². The average molecular weight is 770 g/mol. The minimum Gasteiger partial charge on any atom is -0.330 e. The Morgan fingerprint density at radius 1 is 0.302 bits per heavy atom. The first-order valence-electron chi connectivity index (χ1n) is 24.1. The minimum absolute atomic E-state index is 0.796. The van der Waals surface area contributed by atoms with Crippen molar-refractivity contribution in [2.45, 2.75) is 278 Å². The van der Waals surface area contributed by atoms with Gasteiger partial charge in [0.2, 0.25) is 0 Å². The molecule has 0 aromatic heterocycles. The van der Waals surface area contributed by atoms with Crippen molar-refractivity contribution in [3.05, 3.63) is 23.8 Å². The van der Waals surface area contributed by atoms with E-state index in [-0.39, 0.29) is 0 Å². The molecule has 0 atom stereocenters. The summed E-state index contributed by atoms with van der Waals surface area (Å²) < 4.78 is 0. The van der Waals surface area contributed by atoms with Gasteiger partial charge >= 0.3 is 174 Å². The van der Waals surface area contributed by atoms with E-state index in [0.717, 1.165) is 32.2 Å². The van der Waals surface area contributed by atoms with Gasteiger partial charge in [-0.15, -0.1) is 0 Å². The number of hydrogen-bond donors (Lipinski definition) is 4. The fraction of sp³-hybridized carbons (Fsp3) is 0.917. The summed E-state index contributed by atoms with van der Waals surface area (Å²) in [7, 11) is -4.75. The van der Waals surface area contributed by atoms with Crippen LogP contribution in [0.5, 0.6) is 0 Å². The Labute approximate surface area is 334 Å². The molecule has 0 fully saturated rings. The quantitative estimate of drug-likeness (QED) is 0.0368. The predicted octanol–water partition coefficient (Wildman–Crippen LogP) is 16.9. The van der Waals surface area contributed by atoms with E-state index in [0.29, 0.717) is 0 Å². The molecule has 0 heterocycles. The van der Waals surface area contributed by atoms with Gasteiger partial charge < -0.3 is 5.73 Å². The Morgan fingerprint density at radius 3 is 0.698 bits per heavy atom. The summed E-state index contributed by atoms with van der Waals surface area (Å²) in [4.78, 5) is 30.8. The van der Waals surface area contributed by atoms with Crippen LogP contribution >= 0.6 is 7.28 Å². The number of allylic oxidation sites excluding steroid dienone is 2. The summed E-state index contributed by atoms with van der Waals surface area (Å²) in [5.74, 6) is 2.52. The molecule has 320 valence electrons. The summed E-state index contributed by atoms with van der Waals surface area (Å²) in [6.07, 6.45) is 56.4. The third-order valence-corrected chi connectivity index (χ3v) is 12.4. The fourth-order valence-corrected chi connectivity index (χ4v) is 8.36. The van der Waals surface area contributed by atoms with Crippen LogP contribution in [-0.2, 0) is 0 Å². The first-order chi connectivity index (χ1) is 25.8. The van der Waals surface area contributed by atoms with E-state index in [1.165, 1.54) is 243 Å². The second-order valence-corrected chi connectivity index (χ2v) is 19.4. The van der Waals surface area contributed by atoms with Gasteiger partial charge in [-0.05, 0) is 13.0 Å². The first-order valence-corrected chi connectivity index (χ1v) is 26.4. The minimum atomic E-state index is -4.75. The number of nitrogens with two attached hydrogens (primary N) is 1. The van der Waals surface area contributed by atoms with Gasteiger partial charge in [0, 0.05) is 0 Å². The van der Waals surface area contributed by atoms with Crippen molar-refractivity contribution >= 4 is 7.28 Å². The van der Waals surface area contributed by atoms with E-state index < -0.39 is 7.28 Å². The second kappa shape index (κ2) is 44.5. The SMILES string of the molecule is CCCCCCCCCCCCCCCCC=CP(O)(O)(O)C=CCCCCCCCCCCCCCCCC.CCCCCCCCCCCCN. The van der Waals surface area contributed by atoms with Crippen LogP contribution in [0.15, 0.2) is 23.8 Å². The molecule has 0 aliphatic heterocycles. The van der Waals surface area contributed by atoms with Gasteiger partial charge in [-0.1, -0.05) is 143 Å². The molecule has 0 saturated heterocycles. The molecular formula is C48H100NO3P. The first kappa shape index (κ1) is 54.8. The zero-order valence-electron chi connectivity index (χ0n) is 36.7. The average Bonchev–Trinajstić information content (AvgIpc) is 3.14. The third kappa shape index (κ3) is 51.8. The van der Waals surface area contributed by atoms with Crippen molar-refractivity contribution in [3.63, 3.8) is 0 Å². The van der Waals surface area contributed by atoms with Gasteiger partial charge in [0.15, 0.2) is 0 Å². The summed E-state index contributed by atoms with van der Waals surface area (Å²) in [5.41, 5.74) is 5.42. The van der Waals surface area contributed by atoms with Crippen molar-refractivity contribution in [2.75, 3.05) is 6.54 Å². The third-order valence-electron chi connectivity index (χ3n) is 10.8. The van der Waals surface area contributed by atoms with Crippen LogP contribution in [0.25, 0.3) is 0 Å². The molecule has 0 saturated carbocycles. The van der Waals surface area contributed by atoms with Gasteiger partial charge in [0.1, 0.15) is 0 Å². The van der Waals surface area contributed by atoms with Crippen LogP contribution < -0.4 is 5.73 Å². The molecule has 0 radical (unpaired) electrons. The van der Waals surface area contributed by atoms with Crippen LogP contribution in [0.2, 0.25) is 0 Å². The van der Waals surface area contributed by atoms with Crippen LogP contribution in [0.1, 0.15) is 278 Å². The summed E-state index contributed by atoms with van der Waals surface area (Å²) >= 11 is 0. The zero-order chi connectivity index (χ0) is 39.3. The molecule has 53 heavy (non-hydrogen) atoms. The van der Waals surface area contributed by atoms with Crippen LogP contribution in [0, 0.1) is 0 Å². The second-order valence-electron chi connectivity index (χ2n) is 16.6. The Hall–Kier alpha value is -0.250. The van der Waals surface area contributed by atoms with Crippen molar-refractivity contribution < 1.29 is 14.7 Å². The normalized spacial score (nSPS) is 12.8. The summed E-state index contributed by atoms with van der Waals surface area (Å²) in [6, 6.07) is 0.